The molecule has 3 aromatic carbocycles. The minimum Gasteiger partial charge on any atom is -0.487 e. The fraction of sp³-hybridized carbons (Fsp3) is 0.0833. The van der Waals surface area contributed by atoms with E-state index in [9.17, 15) is 14.4 Å². The second-order valence-corrected chi connectivity index (χ2v) is 8.71. The third-order valence-electron chi connectivity index (χ3n) is 4.28. The van der Waals surface area contributed by atoms with E-state index >= 15 is 0 Å². The number of aryl methyl sites for hydroxylation is 1. The van der Waals surface area contributed by atoms with Gasteiger partial charge in [0.1, 0.15) is 29.8 Å². The molecule has 3 aromatic rings. The molecule has 7 heteroatoms. The van der Waals surface area contributed by atoms with Crippen molar-refractivity contribution in [3.63, 3.8) is 0 Å². The minimum atomic E-state index is -0.682. The Kier molecular flexibility index (Phi) is 7.82. The fourth-order valence-electron chi connectivity index (χ4n) is 2.83. The van der Waals surface area contributed by atoms with Crippen molar-refractivity contribution in [2.75, 3.05) is 5.32 Å². The molecule has 4 nitrogen and oxygen atoms in total. The van der Waals surface area contributed by atoms with Crippen molar-refractivity contribution in [1.82, 2.24) is 0 Å². The van der Waals surface area contributed by atoms with Crippen molar-refractivity contribution >= 4 is 56.2 Å². The van der Waals surface area contributed by atoms with Crippen LogP contribution in [0.4, 0.5) is 10.1 Å². The van der Waals surface area contributed by atoms with Gasteiger partial charge in [-0.15, -0.1) is 0 Å². The number of carbonyl (C=O) groups is 1. The van der Waals surface area contributed by atoms with Crippen molar-refractivity contribution in [2.24, 2.45) is 0 Å². The summed E-state index contributed by atoms with van der Waals surface area (Å²) in [5.74, 6) is -0.576. The number of hydrogen-bond acceptors (Lipinski definition) is 3. The van der Waals surface area contributed by atoms with Crippen LogP contribution in [0.1, 0.15) is 16.7 Å². The molecule has 156 valence electrons. The molecule has 3 rings (SSSR count). The van der Waals surface area contributed by atoms with Crippen LogP contribution in [0.25, 0.3) is 6.08 Å². The molecule has 0 aliphatic heterocycles. The number of nitriles is 1. The summed E-state index contributed by atoms with van der Waals surface area (Å²) in [4.78, 5) is 12.4. The van der Waals surface area contributed by atoms with Crippen LogP contribution >= 0.6 is 38.5 Å². The van der Waals surface area contributed by atoms with E-state index < -0.39 is 11.7 Å². The number of rotatable bonds is 6. The summed E-state index contributed by atoms with van der Waals surface area (Å²) in [6, 6.07) is 19.3. The Hall–Kier alpha value is -2.70. The Balaban J connectivity index is 1.78. The van der Waals surface area contributed by atoms with Crippen LogP contribution < -0.4 is 10.1 Å². The minimum absolute atomic E-state index is 0.0179. The molecule has 0 aliphatic carbocycles. The molecule has 0 bridgehead atoms. The molecule has 0 unspecified atom stereocenters. The lowest BCUT2D eigenvalue weighted by Crippen LogP contribution is -2.14. The Bertz CT molecular complexity index is 1180. The number of hydrogen-bond donors (Lipinski definition) is 1. The van der Waals surface area contributed by atoms with Crippen molar-refractivity contribution in [2.45, 2.75) is 13.5 Å². The third-order valence-corrected chi connectivity index (χ3v) is 5.67. The van der Waals surface area contributed by atoms with Gasteiger partial charge < -0.3 is 10.1 Å². The fourth-order valence-corrected chi connectivity index (χ4v) is 4.59. The summed E-state index contributed by atoms with van der Waals surface area (Å²) in [7, 11) is 0. The highest BCUT2D eigenvalue weighted by Gasteiger charge is 2.14. The number of para-hydroxylation sites is 1. The van der Waals surface area contributed by atoms with Gasteiger partial charge in [0, 0.05) is 0 Å². The summed E-state index contributed by atoms with van der Waals surface area (Å²) in [5.41, 5.74) is 2.74. The first-order valence-corrected chi connectivity index (χ1v) is 11.1. The van der Waals surface area contributed by atoms with Gasteiger partial charge in [-0.3, -0.25) is 4.79 Å². The second kappa shape index (κ2) is 10.6. The standard InChI is InChI=1S/C24H17BrFIN2O2/c1-15-5-4-6-16(9-15)14-31-23-19(25)11-17(12-21(23)27)10-18(13-28)24(30)29-22-8-3-2-7-20(22)26/h2-12H,14H2,1H3,(H,29,30)/b18-10-. The highest BCUT2D eigenvalue weighted by Crippen LogP contribution is 2.33. The van der Waals surface area contributed by atoms with Crippen LogP contribution in [-0.4, -0.2) is 5.91 Å². The summed E-state index contributed by atoms with van der Waals surface area (Å²) in [5, 5.41) is 11.8. The second-order valence-electron chi connectivity index (χ2n) is 6.70. The Labute approximate surface area is 202 Å². The van der Waals surface area contributed by atoms with E-state index in [1.807, 2.05) is 37.3 Å². The lowest BCUT2D eigenvalue weighted by Gasteiger charge is -2.12. The number of anilines is 1. The Morgan fingerprint density at radius 2 is 2.00 bits per heavy atom. The maximum absolute atomic E-state index is 13.8. The van der Waals surface area contributed by atoms with Gasteiger partial charge in [0.15, 0.2) is 0 Å². The normalized spacial score (nSPS) is 11.0. The zero-order valence-corrected chi connectivity index (χ0v) is 20.2. The zero-order chi connectivity index (χ0) is 22.4. The molecule has 1 amide bonds. The number of nitrogens with zero attached hydrogens (tertiary/aromatic N) is 1. The van der Waals surface area contributed by atoms with E-state index in [0.29, 0.717) is 22.4 Å². The third kappa shape index (κ3) is 6.15. The van der Waals surface area contributed by atoms with Crippen molar-refractivity contribution in [3.8, 4) is 11.8 Å². The quantitative estimate of drug-likeness (QED) is 0.199. The van der Waals surface area contributed by atoms with E-state index in [-0.39, 0.29) is 11.3 Å². The van der Waals surface area contributed by atoms with Crippen LogP contribution in [0.3, 0.4) is 0 Å². The molecule has 0 aliphatic rings. The predicted molar refractivity (Wildman–Crippen MR) is 131 cm³/mol. The van der Waals surface area contributed by atoms with E-state index in [2.05, 4.69) is 49.9 Å². The largest absolute Gasteiger partial charge is 0.487 e. The van der Waals surface area contributed by atoms with Gasteiger partial charge in [0.2, 0.25) is 0 Å². The number of carbonyl (C=O) groups excluding carboxylic acids is 1. The van der Waals surface area contributed by atoms with Gasteiger partial charge in [0.05, 0.1) is 13.7 Å². The molecule has 0 spiro atoms. The average Bonchev–Trinajstić information content (AvgIpc) is 2.73. The van der Waals surface area contributed by atoms with Crippen LogP contribution in [0.5, 0.6) is 5.75 Å². The van der Waals surface area contributed by atoms with Gasteiger partial charge in [-0.1, -0.05) is 42.0 Å². The molecule has 0 fully saturated rings. The summed E-state index contributed by atoms with van der Waals surface area (Å²) < 4.78 is 21.3. The lowest BCUT2D eigenvalue weighted by molar-refractivity contribution is -0.112. The maximum Gasteiger partial charge on any atom is 0.266 e. The van der Waals surface area contributed by atoms with Gasteiger partial charge in [-0.05, 0) is 86.9 Å². The van der Waals surface area contributed by atoms with E-state index in [0.717, 1.165) is 14.7 Å². The Morgan fingerprint density at radius 3 is 2.68 bits per heavy atom. The summed E-state index contributed by atoms with van der Waals surface area (Å²) >= 11 is 5.65. The topological polar surface area (TPSA) is 62.1 Å². The molecule has 0 radical (unpaired) electrons. The van der Waals surface area contributed by atoms with Gasteiger partial charge in [-0.2, -0.15) is 5.26 Å². The van der Waals surface area contributed by atoms with Crippen LogP contribution in [-0.2, 0) is 11.4 Å². The monoisotopic (exact) mass is 590 g/mol. The lowest BCUT2D eigenvalue weighted by atomic mass is 10.1. The highest BCUT2D eigenvalue weighted by atomic mass is 127. The molecular formula is C24H17BrFIN2O2. The predicted octanol–water partition coefficient (Wildman–Crippen LogP) is 6.63. The first kappa shape index (κ1) is 23.0. The average molecular weight is 591 g/mol. The molecule has 0 heterocycles. The van der Waals surface area contributed by atoms with E-state index in [1.165, 1.54) is 24.3 Å². The highest BCUT2D eigenvalue weighted by molar-refractivity contribution is 14.1. The van der Waals surface area contributed by atoms with E-state index in [4.69, 9.17) is 4.74 Å². The molecule has 0 atom stereocenters. The summed E-state index contributed by atoms with van der Waals surface area (Å²) in [6.45, 7) is 2.44. The van der Waals surface area contributed by atoms with Gasteiger partial charge in [-0.25, -0.2) is 4.39 Å². The van der Waals surface area contributed by atoms with Crippen LogP contribution in [0.15, 0.2) is 70.7 Å². The molecule has 1 N–H and O–H groups in total. The molecule has 0 saturated heterocycles. The number of amides is 1. The molecule has 31 heavy (non-hydrogen) atoms. The Morgan fingerprint density at radius 1 is 1.23 bits per heavy atom. The van der Waals surface area contributed by atoms with Crippen molar-refractivity contribution in [1.29, 1.82) is 5.26 Å². The van der Waals surface area contributed by atoms with Crippen LogP contribution in [0.2, 0.25) is 0 Å². The van der Waals surface area contributed by atoms with Crippen molar-refractivity contribution in [3.05, 3.63) is 96.8 Å². The first-order valence-electron chi connectivity index (χ1n) is 9.22. The van der Waals surface area contributed by atoms with Gasteiger partial charge >= 0.3 is 0 Å². The smallest absolute Gasteiger partial charge is 0.266 e. The SMILES string of the molecule is Cc1cccc(COc2c(Br)cc(/C=C(/C#N)C(=O)Nc3ccccc3F)cc2I)c1. The number of benzene rings is 3. The molecule has 0 saturated carbocycles. The first-order chi connectivity index (χ1) is 14.9. The number of ether oxygens (including phenoxy) is 1. The number of nitrogens with one attached hydrogen (secondary N) is 1. The van der Waals surface area contributed by atoms with E-state index in [1.54, 1.807) is 12.1 Å². The molecule has 0 aromatic heterocycles. The van der Waals surface area contributed by atoms with Crippen molar-refractivity contribution < 1.29 is 13.9 Å². The van der Waals surface area contributed by atoms with Crippen LogP contribution in [0, 0.1) is 27.6 Å². The zero-order valence-electron chi connectivity index (χ0n) is 16.5. The molecular weight excluding hydrogens is 574 g/mol. The van der Waals surface area contributed by atoms with Gasteiger partial charge in [0.25, 0.3) is 5.91 Å². The maximum atomic E-state index is 13.8. The summed E-state index contributed by atoms with van der Waals surface area (Å²) in [6.07, 6.45) is 1.45. The number of halogens is 3.